The highest BCUT2D eigenvalue weighted by Gasteiger charge is 2.45. The van der Waals surface area contributed by atoms with Gasteiger partial charge >= 0.3 is 12.2 Å². The Morgan fingerprint density at radius 1 is 0.784 bits per heavy atom. The van der Waals surface area contributed by atoms with Gasteiger partial charge in [0.05, 0.1) is 11.6 Å². The van der Waals surface area contributed by atoms with Crippen molar-refractivity contribution in [2.75, 3.05) is 0 Å². The molecule has 2 atom stereocenters. The predicted molar refractivity (Wildman–Crippen MR) is 196 cm³/mol. The number of para-hydroxylation sites is 1. The van der Waals surface area contributed by atoms with Crippen LogP contribution in [-0.2, 0) is 25.7 Å². The first-order chi connectivity index (χ1) is 23.8. The number of carbonyl (C=O) groups excluding carboxylic acids is 5. The van der Waals surface area contributed by atoms with Crippen molar-refractivity contribution < 1.29 is 38.2 Å². The smallest absolute Gasteiger partial charge is 0.418 e. The topological polar surface area (TPSA) is 132 Å². The van der Waals surface area contributed by atoms with Crippen molar-refractivity contribution in [3.8, 4) is 16.3 Å². The van der Waals surface area contributed by atoms with Gasteiger partial charge in [0.25, 0.3) is 11.8 Å². The monoisotopic (exact) mass is 721 g/mol. The summed E-state index contributed by atoms with van der Waals surface area (Å²) < 4.78 is 17.4. The van der Waals surface area contributed by atoms with E-state index < -0.39 is 47.3 Å². The molecule has 11 nitrogen and oxygen atoms in total. The highest BCUT2D eigenvalue weighted by molar-refractivity contribution is 7.13. The number of carbonyl (C=O) groups is 5. The van der Waals surface area contributed by atoms with E-state index in [1.807, 2.05) is 76.2 Å². The number of hydrogen-bond acceptors (Lipinski definition) is 10. The molecule has 0 aliphatic rings. The van der Waals surface area contributed by atoms with Crippen LogP contribution in [0, 0.1) is 11.8 Å². The first-order valence-corrected chi connectivity index (χ1v) is 18.0. The summed E-state index contributed by atoms with van der Waals surface area (Å²) >= 11 is 1.17. The third-order valence-electron chi connectivity index (χ3n) is 7.21. The van der Waals surface area contributed by atoms with Gasteiger partial charge in [-0.2, -0.15) is 0 Å². The van der Waals surface area contributed by atoms with Gasteiger partial charge in [-0.3, -0.25) is 9.59 Å². The van der Waals surface area contributed by atoms with Gasteiger partial charge in [-0.1, -0.05) is 70.2 Å². The zero-order valence-corrected chi connectivity index (χ0v) is 32.1. The lowest BCUT2D eigenvalue weighted by atomic mass is 9.98. The maximum absolute atomic E-state index is 14.6. The van der Waals surface area contributed by atoms with Crippen LogP contribution in [-0.4, -0.2) is 68.4 Å². The first kappa shape index (κ1) is 40.8. The number of ether oxygens (including phenoxy) is 3. The van der Waals surface area contributed by atoms with Crippen molar-refractivity contribution in [2.24, 2.45) is 11.8 Å². The zero-order chi connectivity index (χ0) is 38.1. The number of imide groups is 2. The number of amides is 4. The number of benzene rings is 2. The second kappa shape index (κ2) is 17.6. The standard InChI is InChI=1S/C39H51N3O8S/c1-25(2)20-28(22-43)41(36(46)49-38(5,6)7)35(45)31(21-26(3)4)42(37(47)50-39(8,9)10)34(44)30-24-51-33(40-30)29-18-14-15-19-32(29)48-23-27-16-12-11-13-17-27/h11-19,22,24-26,28,31H,20-21,23H2,1-10H3/t28-,31-/m0/s1. The largest absolute Gasteiger partial charge is 0.488 e. The lowest BCUT2D eigenvalue weighted by molar-refractivity contribution is -0.140. The van der Waals surface area contributed by atoms with Crippen LogP contribution in [0.25, 0.3) is 10.6 Å². The Labute approximate surface area is 305 Å². The molecule has 3 rings (SSSR count). The molecule has 0 fully saturated rings. The van der Waals surface area contributed by atoms with E-state index in [4.69, 9.17) is 14.2 Å². The molecule has 51 heavy (non-hydrogen) atoms. The third-order valence-corrected chi connectivity index (χ3v) is 8.08. The Morgan fingerprint density at radius 3 is 1.88 bits per heavy atom. The summed E-state index contributed by atoms with van der Waals surface area (Å²) in [4.78, 5) is 75.2. The Morgan fingerprint density at radius 2 is 1.33 bits per heavy atom. The van der Waals surface area contributed by atoms with E-state index in [0.717, 1.165) is 15.4 Å². The quantitative estimate of drug-likeness (QED) is 0.159. The van der Waals surface area contributed by atoms with Crippen LogP contribution in [0.4, 0.5) is 9.59 Å². The third kappa shape index (κ3) is 12.0. The minimum absolute atomic E-state index is 0.0382. The molecule has 276 valence electrons. The second-order valence-corrected chi connectivity index (χ2v) is 16.0. The zero-order valence-electron chi connectivity index (χ0n) is 31.3. The van der Waals surface area contributed by atoms with E-state index in [1.54, 1.807) is 47.6 Å². The van der Waals surface area contributed by atoms with Crippen molar-refractivity contribution in [2.45, 2.75) is 112 Å². The maximum Gasteiger partial charge on any atom is 0.418 e. The van der Waals surface area contributed by atoms with E-state index in [0.29, 0.717) is 29.2 Å². The molecule has 4 amide bonds. The summed E-state index contributed by atoms with van der Waals surface area (Å²) in [7, 11) is 0. The average Bonchev–Trinajstić information content (AvgIpc) is 3.52. The molecule has 0 bridgehead atoms. The molecular formula is C39H51N3O8S. The van der Waals surface area contributed by atoms with Gasteiger partial charge in [-0.25, -0.2) is 24.4 Å². The Hall–Kier alpha value is -4.58. The number of thiazole rings is 1. The summed E-state index contributed by atoms with van der Waals surface area (Å²) in [6.45, 7) is 17.5. The molecule has 3 aromatic rings. The minimum atomic E-state index is -1.54. The maximum atomic E-state index is 14.6. The minimum Gasteiger partial charge on any atom is -0.488 e. The molecule has 1 aromatic heterocycles. The second-order valence-electron chi connectivity index (χ2n) is 15.1. The summed E-state index contributed by atoms with van der Waals surface area (Å²) in [5.41, 5.74) is -0.556. The molecule has 0 radical (unpaired) electrons. The fourth-order valence-electron chi connectivity index (χ4n) is 5.11. The Balaban J connectivity index is 2.11. The van der Waals surface area contributed by atoms with Crippen LogP contribution < -0.4 is 4.74 Å². The number of aldehydes is 1. The average molecular weight is 722 g/mol. The molecule has 1 heterocycles. The van der Waals surface area contributed by atoms with E-state index in [-0.39, 0.29) is 30.4 Å². The van der Waals surface area contributed by atoms with Gasteiger partial charge in [0.15, 0.2) is 0 Å². The fraction of sp³-hybridized carbons (Fsp3) is 0.487. The van der Waals surface area contributed by atoms with Crippen LogP contribution in [0.15, 0.2) is 60.0 Å². The van der Waals surface area contributed by atoms with Gasteiger partial charge in [0, 0.05) is 5.38 Å². The van der Waals surface area contributed by atoms with Crippen LogP contribution in [0.1, 0.15) is 98.1 Å². The summed E-state index contributed by atoms with van der Waals surface area (Å²) in [5, 5.41) is 1.95. The molecule has 0 spiro atoms. The number of rotatable bonds is 13. The highest BCUT2D eigenvalue weighted by atomic mass is 32.1. The van der Waals surface area contributed by atoms with Gasteiger partial charge in [-0.05, 0) is 83.9 Å². The fourth-order valence-corrected chi connectivity index (χ4v) is 5.94. The van der Waals surface area contributed by atoms with Gasteiger partial charge in [-0.15, -0.1) is 11.3 Å². The molecule has 0 saturated heterocycles. The van der Waals surface area contributed by atoms with Gasteiger partial charge in [0.1, 0.15) is 46.6 Å². The SMILES string of the molecule is CC(C)C[C@@H](C=O)N(C(=O)OC(C)(C)C)C(=O)[C@H](CC(C)C)N(C(=O)OC(C)(C)C)C(=O)c1csc(-c2ccccc2OCc2ccccc2)n1. The van der Waals surface area contributed by atoms with Gasteiger partial charge in [0.2, 0.25) is 0 Å². The molecular weight excluding hydrogens is 671 g/mol. The molecule has 0 aliphatic carbocycles. The summed E-state index contributed by atoms with van der Waals surface area (Å²) in [5.74, 6) is -1.62. The van der Waals surface area contributed by atoms with E-state index in [9.17, 15) is 24.0 Å². The van der Waals surface area contributed by atoms with E-state index in [2.05, 4.69) is 4.98 Å². The lowest BCUT2D eigenvalue weighted by Crippen LogP contribution is -2.59. The number of nitrogens with zero attached hydrogens (tertiary/aromatic N) is 3. The van der Waals surface area contributed by atoms with E-state index >= 15 is 0 Å². The predicted octanol–water partition coefficient (Wildman–Crippen LogP) is 8.56. The highest BCUT2D eigenvalue weighted by Crippen LogP contribution is 2.34. The van der Waals surface area contributed by atoms with E-state index in [1.165, 1.54) is 16.7 Å². The molecule has 0 N–H and O–H groups in total. The molecule has 12 heteroatoms. The number of hydrogen-bond donors (Lipinski definition) is 0. The normalized spacial score (nSPS) is 12.9. The summed E-state index contributed by atoms with van der Waals surface area (Å²) in [6, 6.07) is 14.2. The number of aromatic nitrogens is 1. The van der Waals surface area contributed by atoms with Gasteiger partial charge < -0.3 is 19.0 Å². The lowest BCUT2D eigenvalue weighted by Gasteiger charge is -2.36. The molecule has 0 saturated carbocycles. The molecule has 2 aromatic carbocycles. The van der Waals surface area contributed by atoms with Crippen LogP contribution in [0.5, 0.6) is 5.75 Å². The van der Waals surface area contributed by atoms with Crippen molar-refractivity contribution >= 4 is 41.6 Å². The Bertz CT molecular complexity index is 1660. The van der Waals surface area contributed by atoms with Crippen molar-refractivity contribution in [1.29, 1.82) is 0 Å². The van der Waals surface area contributed by atoms with Crippen molar-refractivity contribution in [3.05, 3.63) is 71.2 Å². The molecule has 0 unspecified atom stereocenters. The van der Waals surface area contributed by atoms with Crippen molar-refractivity contribution in [3.63, 3.8) is 0 Å². The van der Waals surface area contributed by atoms with Crippen LogP contribution in [0.3, 0.4) is 0 Å². The Kier molecular flexibility index (Phi) is 14.1. The van der Waals surface area contributed by atoms with Crippen LogP contribution in [0.2, 0.25) is 0 Å². The first-order valence-electron chi connectivity index (χ1n) is 17.1. The molecule has 0 aliphatic heterocycles. The van der Waals surface area contributed by atoms with Crippen LogP contribution >= 0.6 is 11.3 Å². The summed E-state index contributed by atoms with van der Waals surface area (Å²) in [6.07, 6.45) is -1.53. The van der Waals surface area contributed by atoms with Crippen molar-refractivity contribution in [1.82, 2.24) is 14.8 Å².